The number of rotatable bonds is 10. The van der Waals surface area contributed by atoms with Crippen molar-refractivity contribution in [3.05, 3.63) is 107 Å². The van der Waals surface area contributed by atoms with Crippen molar-refractivity contribution in [2.24, 2.45) is 15.2 Å². The zero-order valence-electron chi connectivity index (χ0n) is 22.3. The summed E-state index contributed by atoms with van der Waals surface area (Å²) >= 11 is 6.10. The number of primary sulfonamides is 1. The number of benzene rings is 3. The minimum Gasteiger partial charge on any atom is -0.494 e. The predicted molar refractivity (Wildman–Crippen MR) is 162 cm³/mol. The molecule has 0 saturated heterocycles. The Bertz CT molecular complexity index is 1660. The summed E-state index contributed by atoms with van der Waals surface area (Å²) in [5.41, 5.74) is 3.06. The van der Waals surface area contributed by atoms with E-state index in [2.05, 4.69) is 16.3 Å². The highest BCUT2D eigenvalue weighted by Gasteiger charge is 2.33. The Balaban J connectivity index is 1.70. The highest BCUT2D eigenvalue weighted by atomic mass is 35.5. The van der Waals surface area contributed by atoms with Gasteiger partial charge in [-0.05, 0) is 54.4 Å². The first kappa shape index (κ1) is 30.3. The van der Waals surface area contributed by atoms with Gasteiger partial charge in [0, 0.05) is 16.5 Å². The van der Waals surface area contributed by atoms with Crippen LogP contribution in [0.3, 0.4) is 0 Å². The summed E-state index contributed by atoms with van der Waals surface area (Å²) in [6.07, 6.45) is 0. The van der Waals surface area contributed by atoms with Crippen LogP contribution in [0.15, 0.2) is 100 Å². The Kier molecular flexibility index (Phi) is 9.49. The van der Waals surface area contributed by atoms with E-state index in [1.165, 1.54) is 17.1 Å². The second kappa shape index (κ2) is 12.9. The number of nitrogens with two attached hydrogens (primary N) is 1. The SMILES string of the molecule is C=C(OCC)c1ccc(S(=O)(=O)NC(=NCCS(N)(=O)=O)N2CC(c3ccccc3)C(c3ccc(Cl)cc3)=N2)cc1. The van der Waals surface area contributed by atoms with Crippen molar-refractivity contribution >= 4 is 49.1 Å². The molecular weight excluding hydrogens is 586 g/mol. The number of sulfonamides is 2. The van der Waals surface area contributed by atoms with E-state index in [4.69, 9.17) is 26.6 Å². The number of hydrazone groups is 1. The van der Waals surface area contributed by atoms with Gasteiger partial charge in [0.25, 0.3) is 10.0 Å². The van der Waals surface area contributed by atoms with Crippen molar-refractivity contribution in [1.29, 1.82) is 0 Å². The minimum atomic E-state index is -4.15. The lowest BCUT2D eigenvalue weighted by Gasteiger charge is -2.20. The summed E-state index contributed by atoms with van der Waals surface area (Å²) in [6, 6.07) is 22.8. The largest absolute Gasteiger partial charge is 0.494 e. The van der Waals surface area contributed by atoms with Crippen molar-refractivity contribution in [3.8, 4) is 0 Å². The van der Waals surface area contributed by atoms with Gasteiger partial charge < -0.3 is 4.74 Å². The first-order valence-corrected chi connectivity index (χ1v) is 16.2. The molecule has 1 heterocycles. The van der Waals surface area contributed by atoms with Gasteiger partial charge in [0.05, 0.1) is 36.1 Å². The van der Waals surface area contributed by atoms with Crippen LogP contribution in [0.4, 0.5) is 0 Å². The molecule has 0 fully saturated rings. The second-order valence-corrected chi connectivity index (χ2v) is 12.9. The average Bonchev–Trinajstić information content (AvgIpc) is 3.38. The molecular formula is C28H30ClN5O5S2. The molecule has 3 N–H and O–H groups in total. The predicted octanol–water partition coefficient (Wildman–Crippen LogP) is 3.77. The standard InChI is InChI=1S/C28H30ClN5O5S2/c1-3-39-20(2)21-11-15-25(16-12-21)41(37,38)33-28(31-17-18-40(30,35)36)34-19-26(22-7-5-4-6-8-22)27(32-34)23-9-13-24(29)14-10-23/h4-16,26H,2-3,17-19H2,1H3,(H,31,33)(H2,30,35,36). The molecule has 41 heavy (non-hydrogen) atoms. The van der Waals surface area contributed by atoms with Crippen LogP contribution in [0.1, 0.15) is 29.5 Å². The van der Waals surface area contributed by atoms with Gasteiger partial charge in [-0.2, -0.15) is 5.10 Å². The third kappa shape index (κ3) is 7.94. The molecule has 13 heteroatoms. The zero-order chi connectivity index (χ0) is 29.6. The lowest BCUT2D eigenvalue weighted by molar-refractivity contribution is 0.299. The third-order valence-corrected chi connectivity index (χ3v) is 8.52. The van der Waals surface area contributed by atoms with E-state index in [9.17, 15) is 16.8 Å². The number of aliphatic imine (C=N–C) groups is 1. The summed E-state index contributed by atoms with van der Waals surface area (Å²) in [5, 5.41) is 11.9. The molecule has 3 aromatic carbocycles. The zero-order valence-corrected chi connectivity index (χ0v) is 24.7. The molecule has 3 aromatic rings. The van der Waals surface area contributed by atoms with E-state index in [-0.39, 0.29) is 29.9 Å². The van der Waals surface area contributed by atoms with Crippen LogP contribution < -0.4 is 9.86 Å². The Morgan fingerprint density at radius 2 is 1.73 bits per heavy atom. The normalized spacial score (nSPS) is 15.9. The third-order valence-electron chi connectivity index (χ3n) is 6.17. The van der Waals surface area contributed by atoms with Crippen molar-refractivity contribution in [2.45, 2.75) is 17.7 Å². The van der Waals surface area contributed by atoms with Crippen molar-refractivity contribution in [1.82, 2.24) is 9.73 Å². The van der Waals surface area contributed by atoms with E-state index < -0.39 is 25.8 Å². The molecule has 0 amide bonds. The number of nitrogens with one attached hydrogen (secondary N) is 1. The number of ether oxygens (including phenoxy) is 1. The second-order valence-electron chi connectivity index (χ2n) is 9.10. The maximum absolute atomic E-state index is 13.4. The van der Waals surface area contributed by atoms with Crippen LogP contribution in [-0.2, 0) is 24.8 Å². The summed E-state index contributed by atoms with van der Waals surface area (Å²) in [4.78, 5) is 4.24. The summed E-state index contributed by atoms with van der Waals surface area (Å²) in [7, 11) is -7.99. The van der Waals surface area contributed by atoms with Gasteiger partial charge in [0.15, 0.2) is 0 Å². The first-order valence-electron chi connectivity index (χ1n) is 12.6. The van der Waals surface area contributed by atoms with Crippen LogP contribution in [0, 0.1) is 0 Å². The molecule has 1 unspecified atom stereocenters. The highest BCUT2D eigenvalue weighted by molar-refractivity contribution is 7.90. The maximum atomic E-state index is 13.4. The average molecular weight is 616 g/mol. The molecule has 1 atom stereocenters. The summed E-state index contributed by atoms with van der Waals surface area (Å²) in [5.74, 6) is -0.436. The lowest BCUT2D eigenvalue weighted by Crippen LogP contribution is -2.41. The Morgan fingerprint density at radius 3 is 2.34 bits per heavy atom. The first-order chi connectivity index (χ1) is 19.5. The highest BCUT2D eigenvalue weighted by Crippen LogP contribution is 2.29. The van der Waals surface area contributed by atoms with E-state index in [1.54, 1.807) is 24.3 Å². The lowest BCUT2D eigenvalue weighted by atomic mass is 9.91. The number of hydrogen-bond acceptors (Lipinski definition) is 7. The number of nitrogens with zero attached hydrogens (tertiary/aromatic N) is 3. The van der Waals surface area contributed by atoms with E-state index in [0.29, 0.717) is 28.7 Å². The number of halogens is 1. The quantitative estimate of drug-likeness (QED) is 0.202. The van der Waals surface area contributed by atoms with Crippen LogP contribution in [-0.4, -0.2) is 59.0 Å². The Morgan fingerprint density at radius 1 is 1.07 bits per heavy atom. The Hall–Kier alpha value is -3.71. The van der Waals surface area contributed by atoms with Crippen LogP contribution in [0.25, 0.3) is 5.76 Å². The van der Waals surface area contributed by atoms with Crippen molar-refractivity contribution < 1.29 is 21.6 Å². The Labute approximate surface area is 245 Å². The van der Waals surface area contributed by atoms with E-state index in [1.807, 2.05) is 49.4 Å². The van der Waals surface area contributed by atoms with Crippen molar-refractivity contribution in [2.75, 3.05) is 25.4 Å². The van der Waals surface area contributed by atoms with Gasteiger partial charge in [-0.1, -0.05) is 60.6 Å². The topological polar surface area (TPSA) is 144 Å². The van der Waals surface area contributed by atoms with Crippen LogP contribution >= 0.6 is 11.6 Å². The maximum Gasteiger partial charge on any atom is 0.264 e. The molecule has 216 valence electrons. The molecule has 1 aliphatic heterocycles. The summed E-state index contributed by atoms with van der Waals surface area (Å²) in [6.45, 7) is 6.05. The smallest absolute Gasteiger partial charge is 0.264 e. The number of guanidine groups is 1. The molecule has 0 radical (unpaired) electrons. The molecule has 0 aliphatic carbocycles. The molecule has 10 nitrogen and oxygen atoms in total. The van der Waals surface area contributed by atoms with Gasteiger partial charge in [-0.25, -0.2) is 36.7 Å². The van der Waals surface area contributed by atoms with E-state index in [0.717, 1.165) is 11.1 Å². The van der Waals surface area contributed by atoms with Gasteiger partial charge in [-0.3, -0.25) is 0 Å². The fraction of sp³-hybridized carbons (Fsp3) is 0.214. The summed E-state index contributed by atoms with van der Waals surface area (Å²) < 4.78 is 57.9. The van der Waals surface area contributed by atoms with Gasteiger partial charge in [-0.15, -0.1) is 0 Å². The van der Waals surface area contributed by atoms with Crippen molar-refractivity contribution in [3.63, 3.8) is 0 Å². The molecule has 4 rings (SSSR count). The molecule has 0 spiro atoms. The molecule has 0 saturated carbocycles. The fourth-order valence-electron chi connectivity index (χ4n) is 4.16. The van der Waals surface area contributed by atoms with Gasteiger partial charge in [0.2, 0.25) is 16.0 Å². The molecule has 0 aromatic heterocycles. The monoisotopic (exact) mass is 615 g/mol. The van der Waals surface area contributed by atoms with Crippen LogP contribution in [0.5, 0.6) is 0 Å². The van der Waals surface area contributed by atoms with Gasteiger partial charge >= 0.3 is 0 Å². The molecule has 0 bridgehead atoms. The van der Waals surface area contributed by atoms with Crippen LogP contribution in [0.2, 0.25) is 5.02 Å². The van der Waals surface area contributed by atoms with E-state index >= 15 is 0 Å². The van der Waals surface area contributed by atoms with Gasteiger partial charge in [0.1, 0.15) is 5.76 Å². The fourth-order valence-corrected chi connectivity index (χ4v) is 5.66. The minimum absolute atomic E-state index is 0.0367. The molecule has 1 aliphatic rings. The number of hydrogen-bond donors (Lipinski definition) is 2.